The van der Waals surface area contributed by atoms with Crippen LogP contribution in [0.15, 0.2) is 0 Å². The molecule has 1 atom stereocenters. The Morgan fingerprint density at radius 1 is 1.44 bits per heavy atom. The van der Waals surface area contributed by atoms with Crippen LogP contribution in [0.5, 0.6) is 0 Å². The quantitative estimate of drug-likeness (QED) is 0.775. The molecule has 0 aromatic carbocycles. The van der Waals surface area contributed by atoms with Crippen LogP contribution in [0.25, 0.3) is 0 Å². The highest BCUT2D eigenvalue weighted by Crippen LogP contribution is 2.06. The minimum Gasteiger partial charge on any atom is -0.315 e. The van der Waals surface area contributed by atoms with Gasteiger partial charge in [0.2, 0.25) is 0 Å². The lowest BCUT2D eigenvalue weighted by molar-refractivity contribution is 0.377. The van der Waals surface area contributed by atoms with E-state index in [1.165, 1.54) is 4.31 Å². The molecular formula is C9H22ClN3O2S. The monoisotopic (exact) mass is 271 g/mol. The summed E-state index contributed by atoms with van der Waals surface area (Å²) in [7, 11) is -1.72. The van der Waals surface area contributed by atoms with Crippen molar-refractivity contribution in [1.82, 2.24) is 14.3 Å². The van der Waals surface area contributed by atoms with E-state index < -0.39 is 10.2 Å². The molecule has 0 amide bonds. The zero-order valence-electron chi connectivity index (χ0n) is 10.1. The van der Waals surface area contributed by atoms with Crippen LogP contribution in [0.4, 0.5) is 0 Å². The van der Waals surface area contributed by atoms with Gasteiger partial charge in [0, 0.05) is 25.7 Å². The summed E-state index contributed by atoms with van der Waals surface area (Å²) in [5.41, 5.74) is 0. The van der Waals surface area contributed by atoms with Crippen molar-refractivity contribution in [1.29, 1.82) is 0 Å². The van der Waals surface area contributed by atoms with Gasteiger partial charge in [-0.05, 0) is 33.2 Å². The van der Waals surface area contributed by atoms with Gasteiger partial charge in [0.15, 0.2) is 0 Å². The van der Waals surface area contributed by atoms with E-state index in [2.05, 4.69) is 10.0 Å². The van der Waals surface area contributed by atoms with Gasteiger partial charge in [0.1, 0.15) is 0 Å². The zero-order chi connectivity index (χ0) is 11.5. The lowest BCUT2D eigenvalue weighted by Gasteiger charge is -2.28. The normalized spacial score (nSPS) is 22.2. The second kappa shape index (κ2) is 6.76. The van der Waals surface area contributed by atoms with Crippen LogP contribution in [-0.4, -0.2) is 44.9 Å². The molecule has 0 aromatic heterocycles. The van der Waals surface area contributed by atoms with Gasteiger partial charge in [0.05, 0.1) is 0 Å². The van der Waals surface area contributed by atoms with Crippen molar-refractivity contribution < 1.29 is 8.42 Å². The van der Waals surface area contributed by atoms with Crippen LogP contribution in [0, 0.1) is 0 Å². The fourth-order valence-corrected chi connectivity index (χ4v) is 2.87. The lowest BCUT2D eigenvalue weighted by Crippen LogP contribution is -2.51. The molecule has 1 unspecified atom stereocenters. The molecule has 0 radical (unpaired) electrons. The molecule has 7 heteroatoms. The molecule has 5 nitrogen and oxygen atoms in total. The first-order valence-electron chi connectivity index (χ1n) is 5.39. The summed E-state index contributed by atoms with van der Waals surface area (Å²) in [5, 5.41) is 3.18. The largest absolute Gasteiger partial charge is 0.315 e. The second-order valence-electron chi connectivity index (χ2n) is 4.28. The Morgan fingerprint density at radius 3 is 2.50 bits per heavy atom. The molecule has 0 aromatic rings. The van der Waals surface area contributed by atoms with E-state index in [1.54, 1.807) is 7.05 Å². The van der Waals surface area contributed by atoms with Crippen LogP contribution in [0.1, 0.15) is 26.7 Å². The molecule has 1 heterocycles. The van der Waals surface area contributed by atoms with Crippen LogP contribution in [0.2, 0.25) is 0 Å². The third-order valence-corrected chi connectivity index (χ3v) is 4.53. The van der Waals surface area contributed by atoms with Gasteiger partial charge in [0.25, 0.3) is 10.2 Å². The van der Waals surface area contributed by atoms with Gasteiger partial charge in [-0.15, -0.1) is 12.4 Å². The Bertz CT molecular complexity index is 289. The van der Waals surface area contributed by atoms with E-state index in [0.717, 1.165) is 25.9 Å². The average molecular weight is 272 g/mol. The van der Waals surface area contributed by atoms with E-state index in [0.29, 0.717) is 0 Å². The van der Waals surface area contributed by atoms with Gasteiger partial charge in [-0.3, -0.25) is 0 Å². The summed E-state index contributed by atoms with van der Waals surface area (Å²) in [5.74, 6) is 0. The highest BCUT2D eigenvalue weighted by atomic mass is 35.5. The van der Waals surface area contributed by atoms with Crippen molar-refractivity contribution in [3.8, 4) is 0 Å². The summed E-state index contributed by atoms with van der Waals surface area (Å²) in [4.78, 5) is 0. The molecule has 1 fully saturated rings. The van der Waals surface area contributed by atoms with Crippen molar-refractivity contribution in [2.45, 2.75) is 38.8 Å². The molecule has 1 rings (SSSR count). The van der Waals surface area contributed by atoms with Gasteiger partial charge in [-0.25, -0.2) is 0 Å². The molecule has 1 aliphatic heterocycles. The standard InChI is InChI=1S/C9H21N3O2S.ClH/c1-8(2)12(3)15(13,14)11-9-5-4-6-10-7-9;/h8-11H,4-7H2,1-3H3;1H. The maximum absolute atomic E-state index is 11.8. The number of hydrogen-bond donors (Lipinski definition) is 2. The fraction of sp³-hybridized carbons (Fsp3) is 1.00. The highest BCUT2D eigenvalue weighted by molar-refractivity contribution is 7.87. The maximum atomic E-state index is 11.8. The maximum Gasteiger partial charge on any atom is 0.279 e. The molecule has 2 N–H and O–H groups in total. The Balaban J connectivity index is 0.00000225. The first-order chi connectivity index (χ1) is 6.93. The summed E-state index contributed by atoms with van der Waals surface area (Å²) in [6, 6.07) is 0.0176. The molecule has 16 heavy (non-hydrogen) atoms. The number of rotatable bonds is 4. The SMILES string of the molecule is CC(C)N(C)S(=O)(=O)NC1CCCNC1.Cl. The van der Waals surface area contributed by atoms with Crippen molar-refractivity contribution >= 4 is 22.6 Å². The second-order valence-corrected chi connectivity index (χ2v) is 6.04. The smallest absolute Gasteiger partial charge is 0.279 e. The van der Waals surface area contributed by atoms with Gasteiger partial charge < -0.3 is 5.32 Å². The minimum atomic E-state index is -3.32. The summed E-state index contributed by atoms with van der Waals surface area (Å²) >= 11 is 0. The molecule has 0 aliphatic carbocycles. The van der Waals surface area contributed by atoms with Crippen molar-refractivity contribution in [3.63, 3.8) is 0 Å². The predicted molar refractivity (Wildman–Crippen MR) is 68.1 cm³/mol. The van der Waals surface area contributed by atoms with Crippen LogP contribution < -0.4 is 10.0 Å². The first kappa shape index (κ1) is 16.1. The third kappa shape index (κ3) is 4.55. The summed E-state index contributed by atoms with van der Waals surface area (Å²) < 4.78 is 27.7. The Morgan fingerprint density at radius 2 is 2.06 bits per heavy atom. The van der Waals surface area contributed by atoms with E-state index in [9.17, 15) is 8.42 Å². The number of nitrogens with zero attached hydrogens (tertiary/aromatic N) is 1. The molecular weight excluding hydrogens is 250 g/mol. The first-order valence-corrected chi connectivity index (χ1v) is 6.83. The topological polar surface area (TPSA) is 61.4 Å². The Labute approximate surface area is 105 Å². The predicted octanol–water partition coefficient (Wildman–Crippen LogP) is 0.335. The molecule has 1 aliphatic rings. The van der Waals surface area contributed by atoms with Crippen LogP contribution in [-0.2, 0) is 10.2 Å². The molecule has 98 valence electrons. The van der Waals surface area contributed by atoms with Crippen molar-refractivity contribution in [3.05, 3.63) is 0 Å². The Kier molecular flexibility index (Phi) is 6.81. The van der Waals surface area contributed by atoms with E-state index >= 15 is 0 Å². The molecule has 0 spiro atoms. The third-order valence-electron chi connectivity index (χ3n) is 2.72. The lowest BCUT2D eigenvalue weighted by atomic mass is 10.1. The van der Waals surface area contributed by atoms with Gasteiger partial charge in [-0.2, -0.15) is 17.4 Å². The fourth-order valence-electron chi connectivity index (χ4n) is 1.52. The number of hydrogen-bond acceptors (Lipinski definition) is 3. The number of piperidine rings is 1. The van der Waals surface area contributed by atoms with Gasteiger partial charge >= 0.3 is 0 Å². The number of halogens is 1. The van der Waals surface area contributed by atoms with Crippen LogP contribution in [0.3, 0.4) is 0 Å². The zero-order valence-corrected chi connectivity index (χ0v) is 11.7. The summed E-state index contributed by atoms with van der Waals surface area (Å²) in [6.45, 7) is 5.43. The molecule has 0 saturated carbocycles. The Hall–Kier alpha value is 0.120. The average Bonchev–Trinajstić information content (AvgIpc) is 2.17. The van der Waals surface area contributed by atoms with Crippen LogP contribution >= 0.6 is 12.4 Å². The van der Waals surface area contributed by atoms with Crippen molar-refractivity contribution in [2.24, 2.45) is 0 Å². The van der Waals surface area contributed by atoms with Gasteiger partial charge in [-0.1, -0.05) is 0 Å². The van der Waals surface area contributed by atoms with Crippen molar-refractivity contribution in [2.75, 3.05) is 20.1 Å². The number of nitrogens with one attached hydrogen (secondary N) is 2. The van der Waals surface area contributed by atoms with E-state index in [1.807, 2.05) is 13.8 Å². The van der Waals surface area contributed by atoms with E-state index in [-0.39, 0.29) is 24.5 Å². The summed E-state index contributed by atoms with van der Waals surface area (Å²) in [6.07, 6.45) is 1.94. The highest BCUT2D eigenvalue weighted by Gasteiger charge is 2.24. The van der Waals surface area contributed by atoms with E-state index in [4.69, 9.17) is 0 Å². The minimum absolute atomic E-state index is 0. The molecule has 1 saturated heterocycles. The molecule has 0 bridgehead atoms.